The number of aliphatic imine (C=N–C) groups is 1. The quantitative estimate of drug-likeness (QED) is 0.449. The maximum atomic E-state index is 11.8. The minimum Gasteiger partial charge on any atom is -0.355 e. The van der Waals surface area contributed by atoms with E-state index < -0.39 is 0 Å². The van der Waals surface area contributed by atoms with Crippen molar-refractivity contribution in [2.45, 2.75) is 56.2 Å². The smallest absolute Gasteiger partial charge is 0.229 e. The number of guanidine groups is 1. The van der Waals surface area contributed by atoms with Gasteiger partial charge in [0.2, 0.25) is 11.8 Å². The fourth-order valence-corrected chi connectivity index (χ4v) is 4.04. The molecule has 23 heavy (non-hydrogen) atoms. The van der Waals surface area contributed by atoms with Gasteiger partial charge in [0, 0.05) is 44.3 Å². The summed E-state index contributed by atoms with van der Waals surface area (Å²) in [6, 6.07) is 0.450. The van der Waals surface area contributed by atoms with E-state index >= 15 is 0 Å². The second-order valence-corrected chi connectivity index (χ2v) is 7.30. The molecule has 2 unspecified atom stereocenters. The van der Waals surface area contributed by atoms with E-state index in [9.17, 15) is 9.59 Å². The van der Waals surface area contributed by atoms with Gasteiger partial charge < -0.3 is 10.6 Å². The van der Waals surface area contributed by atoms with Crippen LogP contribution in [-0.2, 0) is 9.59 Å². The van der Waals surface area contributed by atoms with E-state index in [1.54, 1.807) is 7.05 Å². The standard InChI is InChI=1S/C16H28N4O2S/c1-17-16(19-12-5-3-6-13(11-12)23-2)18-9-10-20-14(21)7-4-8-15(20)22/h12-13H,3-11H2,1-2H3,(H2,17,18,19). The largest absolute Gasteiger partial charge is 0.355 e. The molecule has 2 atom stereocenters. The summed E-state index contributed by atoms with van der Waals surface area (Å²) < 4.78 is 0. The lowest BCUT2D eigenvalue weighted by Crippen LogP contribution is -2.49. The van der Waals surface area contributed by atoms with Crippen molar-refractivity contribution < 1.29 is 9.59 Å². The maximum absolute atomic E-state index is 11.8. The Labute approximate surface area is 142 Å². The minimum absolute atomic E-state index is 0.0545. The van der Waals surface area contributed by atoms with E-state index in [2.05, 4.69) is 21.9 Å². The minimum atomic E-state index is -0.0545. The average molecular weight is 340 g/mol. The summed E-state index contributed by atoms with van der Waals surface area (Å²) in [5, 5.41) is 7.42. The zero-order valence-electron chi connectivity index (χ0n) is 14.1. The molecular weight excluding hydrogens is 312 g/mol. The van der Waals surface area contributed by atoms with Crippen LogP contribution < -0.4 is 10.6 Å². The number of carbonyl (C=O) groups is 2. The van der Waals surface area contributed by atoms with Crippen LogP contribution >= 0.6 is 11.8 Å². The molecule has 1 saturated heterocycles. The van der Waals surface area contributed by atoms with Crippen molar-refractivity contribution in [3.05, 3.63) is 0 Å². The highest BCUT2D eigenvalue weighted by molar-refractivity contribution is 7.99. The summed E-state index contributed by atoms with van der Waals surface area (Å²) >= 11 is 1.94. The molecule has 0 spiro atoms. The molecule has 2 rings (SSSR count). The third-order valence-corrected chi connectivity index (χ3v) is 5.63. The van der Waals surface area contributed by atoms with Crippen LogP contribution in [0.3, 0.4) is 0 Å². The molecular formula is C16H28N4O2S. The highest BCUT2D eigenvalue weighted by atomic mass is 32.2. The van der Waals surface area contributed by atoms with Gasteiger partial charge in [-0.3, -0.25) is 19.5 Å². The van der Waals surface area contributed by atoms with Gasteiger partial charge in [0.05, 0.1) is 0 Å². The number of imide groups is 1. The third-order valence-electron chi connectivity index (χ3n) is 4.54. The van der Waals surface area contributed by atoms with E-state index in [1.807, 2.05) is 11.8 Å². The Bertz CT molecular complexity index is 439. The van der Waals surface area contributed by atoms with E-state index in [0.717, 1.165) is 17.6 Å². The first-order valence-electron chi connectivity index (χ1n) is 8.47. The van der Waals surface area contributed by atoms with E-state index in [0.29, 0.717) is 38.4 Å². The van der Waals surface area contributed by atoms with Crippen molar-refractivity contribution >= 4 is 29.5 Å². The molecule has 2 fully saturated rings. The van der Waals surface area contributed by atoms with Crippen LogP contribution in [-0.4, -0.2) is 60.4 Å². The zero-order chi connectivity index (χ0) is 16.7. The van der Waals surface area contributed by atoms with Gasteiger partial charge in [0.15, 0.2) is 5.96 Å². The molecule has 0 aromatic rings. The topological polar surface area (TPSA) is 73.8 Å². The van der Waals surface area contributed by atoms with Gasteiger partial charge in [-0.05, 0) is 31.9 Å². The lowest BCUT2D eigenvalue weighted by molar-refractivity contribution is -0.147. The first-order valence-corrected chi connectivity index (χ1v) is 9.76. The van der Waals surface area contributed by atoms with Crippen LogP contribution in [0.4, 0.5) is 0 Å². The third kappa shape index (κ3) is 5.41. The number of thioether (sulfide) groups is 1. The Morgan fingerprint density at radius 2 is 2.00 bits per heavy atom. The number of nitrogens with zero attached hydrogens (tertiary/aromatic N) is 2. The Morgan fingerprint density at radius 1 is 1.26 bits per heavy atom. The van der Waals surface area contributed by atoms with Crippen molar-refractivity contribution in [1.29, 1.82) is 0 Å². The lowest BCUT2D eigenvalue weighted by Gasteiger charge is -2.30. The molecule has 0 bridgehead atoms. The lowest BCUT2D eigenvalue weighted by atomic mass is 9.95. The molecule has 1 aliphatic carbocycles. The highest BCUT2D eigenvalue weighted by Gasteiger charge is 2.25. The van der Waals surface area contributed by atoms with Crippen molar-refractivity contribution in [2.75, 3.05) is 26.4 Å². The number of nitrogens with one attached hydrogen (secondary N) is 2. The fraction of sp³-hybridized carbons (Fsp3) is 0.812. The molecule has 6 nitrogen and oxygen atoms in total. The number of carbonyl (C=O) groups excluding carboxylic acids is 2. The van der Waals surface area contributed by atoms with E-state index in [1.165, 1.54) is 24.2 Å². The molecule has 130 valence electrons. The van der Waals surface area contributed by atoms with Crippen molar-refractivity contribution in [3.8, 4) is 0 Å². The molecule has 2 amide bonds. The van der Waals surface area contributed by atoms with Gasteiger partial charge >= 0.3 is 0 Å². The molecule has 0 radical (unpaired) electrons. The molecule has 1 heterocycles. The molecule has 1 aliphatic heterocycles. The van der Waals surface area contributed by atoms with Crippen LogP contribution in [0.25, 0.3) is 0 Å². The van der Waals surface area contributed by atoms with E-state index in [4.69, 9.17) is 0 Å². The number of rotatable bonds is 5. The van der Waals surface area contributed by atoms with Crippen molar-refractivity contribution in [1.82, 2.24) is 15.5 Å². The van der Waals surface area contributed by atoms with Crippen LogP contribution in [0.2, 0.25) is 0 Å². The molecule has 1 saturated carbocycles. The molecule has 2 N–H and O–H groups in total. The average Bonchev–Trinajstić information content (AvgIpc) is 2.56. The second kappa shape index (κ2) is 9.15. The number of amides is 2. The number of piperidine rings is 1. The summed E-state index contributed by atoms with van der Waals surface area (Å²) in [5.41, 5.74) is 0. The molecule has 0 aromatic heterocycles. The summed E-state index contributed by atoms with van der Waals surface area (Å²) in [6.45, 7) is 0.951. The Kier molecular flexibility index (Phi) is 7.20. The van der Waals surface area contributed by atoms with Crippen LogP contribution in [0.1, 0.15) is 44.9 Å². The molecule has 7 heteroatoms. The SMILES string of the molecule is CN=C(NCCN1C(=O)CCCC1=O)NC1CCCC(SC)C1. The number of hydrogen-bond acceptors (Lipinski definition) is 4. The summed E-state index contributed by atoms with van der Waals surface area (Å²) in [4.78, 5) is 29.2. The van der Waals surface area contributed by atoms with Gasteiger partial charge in [0.1, 0.15) is 0 Å². The van der Waals surface area contributed by atoms with Gasteiger partial charge in [-0.2, -0.15) is 11.8 Å². The van der Waals surface area contributed by atoms with Crippen LogP contribution in [0, 0.1) is 0 Å². The monoisotopic (exact) mass is 340 g/mol. The van der Waals surface area contributed by atoms with E-state index in [-0.39, 0.29) is 11.8 Å². The predicted molar refractivity (Wildman–Crippen MR) is 94.6 cm³/mol. The molecule has 2 aliphatic rings. The van der Waals surface area contributed by atoms with Crippen LogP contribution in [0.5, 0.6) is 0 Å². The Hall–Kier alpha value is -1.24. The number of likely N-dealkylation sites (tertiary alicyclic amines) is 1. The fourth-order valence-electron chi connectivity index (χ4n) is 3.21. The Morgan fingerprint density at radius 3 is 2.65 bits per heavy atom. The van der Waals surface area contributed by atoms with Gasteiger partial charge in [-0.1, -0.05) is 6.42 Å². The predicted octanol–water partition coefficient (Wildman–Crippen LogP) is 1.36. The van der Waals surface area contributed by atoms with Gasteiger partial charge in [-0.15, -0.1) is 0 Å². The zero-order valence-corrected chi connectivity index (χ0v) is 15.0. The highest BCUT2D eigenvalue weighted by Crippen LogP contribution is 2.26. The summed E-state index contributed by atoms with van der Waals surface area (Å²) in [6.07, 6.45) is 8.69. The van der Waals surface area contributed by atoms with Crippen molar-refractivity contribution in [2.24, 2.45) is 4.99 Å². The van der Waals surface area contributed by atoms with Gasteiger partial charge in [0.25, 0.3) is 0 Å². The first kappa shape index (κ1) is 18.1. The maximum Gasteiger partial charge on any atom is 0.229 e. The molecule has 0 aromatic carbocycles. The summed E-state index contributed by atoms with van der Waals surface area (Å²) in [7, 11) is 1.75. The number of hydrogen-bond donors (Lipinski definition) is 2. The second-order valence-electron chi connectivity index (χ2n) is 6.16. The Balaban J connectivity index is 1.74. The first-order chi connectivity index (χ1) is 11.1. The van der Waals surface area contributed by atoms with Crippen molar-refractivity contribution in [3.63, 3.8) is 0 Å². The van der Waals surface area contributed by atoms with Crippen LogP contribution in [0.15, 0.2) is 4.99 Å². The van der Waals surface area contributed by atoms with Gasteiger partial charge in [-0.25, -0.2) is 0 Å². The summed E-state index contributed by atoms with van der Waals surface area (Å²) in [5.74, 6) is 0.649. The normalized spacial score (nSPS) is 26.3.